The summed E-state index contributed by atoms with van der Waals surface area (Å²) in [5, 5.41) is 13.8. The Bertz CT molecular complexity index is 600. The van der Waals surface area contributed by atoms with Crippen molar-refractivity contribution in [3.05, 3.63) is 63.1 Å². The van der Waals surface area contributed by atoms with Crippen LogP contribution in [0.4, 0.5) is 5.69 Å². The highest BCUT2D eigenvalue weighted by atomic mass is 79.9. The average molecular weight is 355 g/mol. The second-order valence-corrected chi connectivity index (χ2v) is 6.43. The molecule has 0 bridgehead atoms. The van der Waals surface area contributed by atoms with Gasteiger partial charge in [-0.2, -0.15) is 0 Å². The highest BCUT2D eigenvalue weighted by Gasteiger charge is 2.28. The molecular weight excluding hydrogens is 338 g/mol. The molecular formula is C16H17BrClNO. The first-order valence-electron chi connectivity index (χ1n) is 6.36. The van der Waals surface area contributed by atoms with Crippen molar-refractivity contribution in [2.75, 3.05) is 11.9 Å². The lowest BCUT2D eigenvalue weighted by Crippen LogP contribution is -2.36. The molecule has 0 aliphatic heterocycles. The van der Waals surface area contributed by atoms with Crippen LogP contribution in [0, 0.1) is 6.92 Å². The molecule has 2 N–H and O–H groups in total. The van der Waals surface area contributed by atoms with E-state index in [0.717, 1.165) is 15.7 Å². The minimum Gasteiger partial charge on any atom is -0.394 e. The van der Waals surface area contributed by atoms with Crippen LogP contribution in [-0.2, 0) is 5.54 Å². The molecule has 1 atom stereocenters. The topological polar surface area (TPSA) is 32.3 Å². The molecule has 0 saturated heterocycles. The lowest BCUT2D eigenvalue weighted by Gasteiger charge is -2.31. The summed E-state index contributed by atoms with van der Waals surface area (Å²) < 4.78 is 0.918. The van der Waals surface area contributed by atoms with E-state index in [0.29, 0.717) is 5.02 Å². The van der Waals surface area contributed by atoms with Gasteiger partial charge < -0.3 is 10.4 Å². The molecule has 0 aromatic heterocycles. The molecule has 2 aromatic rings. The van der Waals surface area contributed by atoms with Gasteiger partial charge in [-0.15, -0.1) is 0 Å². The molecule has 4 heteroatoms. The Morgan fingerprint density at radius 1 is 1.20 bits per heavy atom. The summed E-state index contributed by atoms with van der Waals surface area (Å²) >= 11 is 9.70. The van der Waals surface area contributed by atoms with Crippen LogP contribution in [0.5, 0.6) is 0 Å². The second-order valence-electron chi connectivity index (χ2n) is 5.11. The van der Waals surface area contributed by atoms with Crippen molar-refractivity contribution in [2.24, 2.45) is 0 Å². The molecule has 106 valence electrons. The average Bonchev–Trinajstić information content (AvgIpc) is 2.41. The fourth-order valence-electron chi connectivity index (χ4n) is 2.08. The van der Waals surface area contributed by atoms with E-state index in [1.807, 2.05) is 56.3 Å². The lowest BCUT2D eigenvalue weighted by molar-refractivity contribution is 0.224. The van der Waals surface area contributed by atoms with Gasteiger partial charge in [-0.3, -0.25) is 0 Å². The molecule has 20 heavy (non-hydrogen) atoms. The number of nitrogens with one attached hydrogen (secondary N) is 1. The molecule has 0 fully saturated rings. The predicted molar refractivity (Wildman–Crippen MR) is 88.4 cm³/mol. The molecule has 0 radical (unpaired) electrons. The standard InChI is InChI=1S/C16H17BrClNO/c1-11-3-6-13(7-4-11)19-16(2,10-20)14-8-5-12(17)9-15(14)18/h3-9,19-20H,10H2,1-2H3. The Morgan fingerprint density at radius 2 is 1.85 bits per heavy atom. The molecule has 0 aliphatic rings. The summed E-state index contributed by atoms with van der Waals surface area (Å²) in [6.07, 6.45) is 0. The Morgan fingerprint density at radius 3 is 2.40 bits per heavy atom. The molecule has 2 aromatic carbocycles. The smallest absolute Gasteiger partial charge is 0.0842 e. The molecule has 2 rings (SSSR count). The maximum atomic E-state index is 9.82. The lowest BCUT2D eigenvalue weighted by atomic mass is 9.92. The number of aryl methyl sites for hydroxylation is 1. The Balaban J connectivity index is 2.35. The highest BCUT2D eigenvalue weighted by molar-refractivity contribution is 9.10. The normalized spacial score (nSPS) is 13.8. The molecule has 0 amide bonds. The third kappa shape index (κ3) is 3.35. The largest absolute Gasteiger partial charge is 0.394 e. The van der Waals surface area contributed by atoms with Crippen molar-refractivity contribution in [1.82, 2.24) is 0 Å². The third-order valence-electron chi connectivity index (χ3n) is 3.31. The summed E-state index contributed by atoms with van der Waals surface area (Å²) in [7, 11) is 0. The van der Waals surface area contributed by atoms with Gasteiger partial charge in [0.15, 0.2) is 0 Å². The van der Waals surface area contributed by atoms with Crippen molar-refractivity contribution >= 4 is 33.2 Å². The van der Waals surface area contributed by atoms with E-state index in [-0.39, 0.29) is 6.61 Å². The minimum absolute atomic E-state index is 0.0533. The van der Waals surface area contributed by atoms with Crippen molar-refractivity contribution in [2.45, 2.75) is 19.4 Å². The highest BCUT2D eigenvalue weighted by Crippen LogP contribution is 2.33. The number of halogens is 2. The number of aliphatic hydroxyl groups excluding tert-OH is 1. The van der Waals surface area contributed by atoms with Crippen molar-refractivity contribution in [3.63, 3.8) is 0 Å². The third-order valence-corrected chi connectivity index (χ3v) is 4.12. The Hall–Kier alpha value is -1.03. The van der Waals surface area contributed by atoms with Gasteiger partial charge in [-0.05, 0) is 43.7 Å². The number of aliphatic hydroxyl groups is 1. The molecule has 0 aliphatic carbocycles. The number of benzene rings is 2. The Labute approximate surface area is 132 Å². The second kappa shape index (κ2) is 6.17. The van der Waals surface area contributed by atoms with Crippen molar-refractivity contribution in [1.29, 1.82) is 0 Å². The van der Waals surface area contributed by atoms with Gasteiger partial charge in [-0.1, -0.05) is 51.3 Å². The van der Waals surface area contributed by atoms with Crippen LogP contribution in [0.3, 0.4) is 0 Å². The molecule has 0 heterocycles. The molecule has 0 saturated carbocycles. The van der Waals surface area contributed by atoms with E-state index in [4.69, 9.17) is 11.6 Å². The van der Waals surface area contributed by atoms with Gasteiger partial charge in [0, 0.05) is 15.2 Å². The van der Waals surface area contributed by atoms with E-state index in [9.17, 15) is 5.11 Å². The van der Waals surface area contributed by atoms with Gasteiger partial charge in [-0.25, -0.2) is 0 Å². The quantitative estimate of drug-likeness (QED) is 0.832. The monoisotopic (exact) mass is 353 g/mol. The van der Waals surface area contributed by atoms with Crippen LogP contribution >= 0.6 is 27.5 Å². The maximum Gasteiger partial charge on any atom is 0.0842 e. The fourth-order valence-corrected chi connectivity index (χ4v) is 2.97. The van der Waals surface area contributed by atoms with Gasteiger partial charge >= 0.3 is 0 Å². The Kier molecular flexibility index (Phi) is 4.74. The van der Waals surface area contributed by atoms with E-state index < -0.39 is 5.54 Å². The minimum atomic E-state index is -0.632. The van der Waals surface area contributed by atoms with Crippen molar-refractivity contribution < 1.29 is 5.11 Å². The molecule has 0 spiro atoms. The van der Waals surface area contributed by atoms with Gasteiger partial charge in [0.25, 0.3) is 0 Å². The summed E-state index contributed by atoms with van der Waals surface area (Å²) in [6, 6.07) is 13.7. The fraction of sp³-hybridized carbons (Fsp3) is 0.250. The van der Waals surface area contributed by atoms with Gasteiger partial charge in [0.1, 0.15) is 0 Å². The SMILES string of the molecule is Cc1ccc(NC(C)(CO)c2ccc(Br)cc2Cl)cc1. The first-order chi connectivity index (χ1) is 9.44. The zero-order chi connectivity index (χ0) is 14.8. The first kappa shape index (κ1) is 15.4. The zero-order valence-corrected chi connectivity index (χ0v) is 13.8. The van der Waals surface area contributed by atoms with Crippen LogP contribution in [-0.4, -0.2) is 11.7 Å². The summed E-state index contributed by atoms with van der Waals surface area (Å²) in [5.74, 6) is 0. The summed E-state index contributed by atoms with van der Waals surface area (Å²) in [4.78, 5) is 0. The molecule has 2 nitrogen and oxygen atoms in total. The van der Waals surface area contributed by atoms with Crippen LogP contribution in [0.2, 0.25) is 5.02 Å². The van der Waals surface area contributed by atoms with Crippen LogP contribution in [0.25, 0.3) is 0 Å². The maximum absolute atomic E-state index is 9.82. The van der Waals surface area contributed by atoms with E-state index in [1.165, 1.54) is 5.56 Å². The van der Waals surface area contributed by atoms with Crippen LogP contribution in [0.1, 0.15) is 18.1 Å². The first-order valence-corrected chi connectivity index (χ1v) is 7.53. The van der Waals surface area contributed by atoms with Crippen LogP contribution in [0.15, 0.2) is 46.9 Å². The predicted octanol–water partition coefficient (Wildman–Crippen LogP) is 4.73. The molecule has 1 unspecified atom stereocenters. The van der Waals surface area contributed by atoms with E-state index in [2.05, 4.69) is 21.2 Å². The number of rotatable bonds is 4. The number of anilines is 1. The summed E-state index contributed by atoms with van der Waals surface area (Å²) in [5.41, 5.74) is 2.38. The van der Waals surface area contributed by atoms with Crippen LogP contribution < -0.4 is 5.32 Å². The van der Waals surface area contributed by atoms with Gasteiger partial charge in [0.2, 0.25) is 0 Å². The number of hydrogen-bond donors (Lipinski definition) is 2. The van der Waals surface area contributed by atoms with E-state index in [1.54, 1.807) is 0 Å². The van der Waals surface area contributed by atoms with Gasteiger partial charge in [0.05, 0.1) is 12.1 Å². The summed E-state index contributed by atoms with van der Waals surface area (Å²) in [6.45, 7) is 3.92. The number of hydrogen-bond acceptors (Lipinski definition) is 2. The zero-order valence-electron chi connectivity index (χ0n) is 11.5. The van der Waals surface area contributed by atoms with Crippen molar-refractivity contribution in [3.8, 4) is 0 Å². The van der Waals surface area contributed by atoms with E-state index >= 15 is 0 Å².